The van der Waals surface area contributed by atoms with Gasteiger partial charge in [0.2, 0.25) is 0 Å². The second-order valence-corrected chi connectivity index (χ2v) is 4.44. The Labute approximate surface area is 94.1 Å². The van der Waals surface area contributed by atoms with Crippen LogP contribution in [0.4, 0.5) is 0 Å². The van der Waals surface area contributed by atoms with E-state index in [4.69, 9.17) is 5.73 Å². The molecular weight excluding hydrogens is 238 g/mol. The van der Waals surface area contributed by atoms with Crippen molar-refractivity contribution in [2.75, 3.05) is 6.54 Å². The minimum Gasteiger partial charge on any atom is -0.330 e. The molecule has 2 N–H and O–H groups in total. The third-order valence-corrected chi connectivity index (χ3v) is 2.58. The fourth-order valence-electron chi connectivity index (χ4n) is 1.35. The Morgan fingerprint density at radius 2 is 2.14 bits per heavy atom. The van der Waals surface area contributed by atoms with Crippen LogP contribution in [-0.4, -0.2) is 6.54 Å². The Bertz CT molecular complexity index is 331. The van der Waals surface area contributed by atoms with Crippen molar-refractivity contribution in [2.24, 2.45) is 5.73 Å². The van der Waals surface area contributed by atoms with Crippen molar-refractivity contribution in [3.63, 3.8) is 0 Å². The van der Waals surface area contributed by atoms with Gasteiger partial charge in [-0.25, -0.2) is 0 Å². The Hall–Kier alpha value is -0.600. The van der Waals surface area contributed by atoms with Crippen LogP contribution in [0.3, 0.4) is 0 Å². The normalized spacial score (nSPS) is 10.2. The van der Waals surface area contributed by atoms with Crippen LogP contribution < -0.4 is 5.73 Å². The maximum Gasteiger partial charge on any atom is 0.0184 e. The smallest absolute Gasteiger partial charge is 0.0184 e. The van der Waals surface area contributed by atoms with Crippen molar-refractivity contribution in [3.05, 3.63) is 40.4 Å². The molecule has 2 heteroatoms. The Balaban J connectivity index is 2.89. The third-order valence-electron chi connectivity index (χ3n) is 2.12. The molecule has 0 saturated heterocycles. The number of benzene rings is 1. The molecule has 14 heavy (non-hydrogen) atoms. The summed E-state index contributed by atoms with van der Waals surface area (Å²) in [6.45, 7) is 6.71. The molecule has 0 heterocycles. The number of allylic oxidation sites excluding steroid dienone is 1. The van der Waals surface area contributed by atoms with E-state index in [1.165, 1.54) is 11.1 Å². The SMILES string of the molecule is C=C(C)c1cc(Br)cc(CCCN)c1. The molecule has 1 nitrogen and oxygen atoms in total. The fourth-order valence-corrected chi connectivity index (χ4v) is 1.89. The van der Waals surface area contributed by atoms with Gasteiger partial charge < -0.3 is 5.73 Å². The summed E-state index contributed by atoms with van der Waals surface area (Å²) in [6, 6.07) is 6.42. The van der Waals surface area contributed by atoms with E-state index < -0.39 is 0 Å². The van der Waals surface area contributed by atoms with Crippen molar-refractivity contribution < 1.29 is 0 Å². The van der Waals surface area contributed by atoms with Gasteiger partial charge in [0.05, 0.1) is 0 Å². The summed E-state index contributed by atoms with van der Waals surface area (Å²) in [4.78, 5) is 0. The average molecular weight is 254 g/mol. The van der Waals surface area contributed by atoms with E-state index in [1.807, 2.05) is 6.92 Å². The van der Waals surface area contributed by atoms with E-state index >= 15 is 0 Å². The van der Waals surface area contributed by atoms with E-state index in [1.54, 1.807) is 0 Å². The zero-order chi connectivity index (χ0) is 10.6. The van der Waals surface area contributed by atoms with Crippen LogP contribution in [0.2, 0.25) is 0 Å². The van der Waals surface area contributed by atoms with Gasteiger partial charge in [-0.05, 0) is 49.6 Å². The maximum atomic E-state index is 5.48. The van der Waals surface area contributed by atoms with Gasteiger partial charge in [-0.2, -0.15) is 0 Å². The zero-order valence-corrected chi connectivity index (χ0v) is 10.1. The molecule has 0 spiro atoms. The van der Waals surface area contributed by atoms with Crippen molar-refractivity contribution in [3.8, 4) is 0 Å². The first-order chi connectivity index (χ1) is 6.63. The number of nitrogens with two attached hydrogens (primary N) is 1. The van der Waals surface area contributed by atoms with Crippen LogP contribution in [0, 0.1) is 0 Å². The molecular formula is C12H16BrN. The predicted molar refractivity (Wildman–Crippen MR) is 66.2 cm³/mol. The first-order valence-corrected chi connectivity index (χ1v) is 5.58. The van der Waals surface area contributed by atoms with Crippen LogP contribution >= 0.6 is 15.9 Å². The molecule has 1 rings (SSSR count). The second kappa shape index (κ2) is 5.32. The molecule has 0 radical (unpaired) electrons. The van der Waals surface area contributed by atoms with Crippen LogP contribution in [0.25, 0.3) is 5.57 Å². The maximum absolute atomic E-state index is 5.48. The lowest BCUT2D eigenvalue weighted by molar-refractivity contribution is 0.832. The zero-order valence-electron chi connectivity index (χ0n) is 8.52. The summed E-state index contributed by atoms with van der Waals surface area (Å²) < 4.78 is 1.12. The number of hydrogen-bond donors (Lipinski definition) is 1. The monoisotopic (exact) mass is 253 g/mol. The van der Waals surface area contributed by atoms with Gasteiger partial charge in [0, 0.05) is 4.47 Å². The van der Waals surface area contributed by atoms with Gasteiger partial charge >= 0.3 is 0 Å². The molecule has 1 aromatic rings. The summed E-state index contributed by atoms with van der Waals surface area (Å²) >= 11 is 3.50. The molecule has 0 saturated carbocycles. The molecule has 0 bridgehead atoms. The molecule has 1 aromatic carbocycles. The van der Waals surface area contributed by atoms with Crippen LogP contribution in [0.15, 0.2) is 29.3 Å². The average Bonchev–Trinajstić information content (AvgIpc) is 2.14. The molecule has 0 aliphatic heterocycles. The number of halogens is 1. The van der Waals surface area contributed by atoms with Gasteiger partial charge in [0.25, 0.3) is 0 Å². The summed E-state index contributed by atoms with van der Waals surface area (Å²) in [5, 5.41) is 0. The lowest BCUT2D eigenvalue weighted by Gasteiger charge is -2.06. The lowest BCUT2D eigenvalue weighted by Crippen LogP contribution is -2.00. The molecule has 0 aliphatic carbocycles. The summed E-state index contributed by atoms with van der Waals surface area (Å²) in [7, 11) is 0. The minimum atomic E-state index is 0.745. The molecule has 0 atom stereocenters. The minimum absolute atomic E-state index is 0.745. The summed E-state index contributed by atoms with van der Waals surface area (Å²) in [6.07, 6.45) is 2.07. The molecule has 0 unspecified atom stereocenters. The van der Waals surface area contributed by atoms with E-state index in [0.717, 1.165) is 29.4 Å². The largest absolute Gasteiger partial charge is 0.330 e. The first kappa shape index (κ1) is 11.5. The van der Waals surface area contributed by atoms with Gasteiger partial charge in [-0.3, -0.25) is 0 Å². The third kappa shape index (κ3) is 3.28. The van der Waals surface area contributed by atoms with Crippen molar-refractivity contribution in [1.82, 2.24) is 0 Å². The highest BCUT2D eigenvalue weighted by atomic mass is 79.9. The van der Waals surface area contributed by atoms with Gasteiger partial charge in [0.1, 0.15) is 0 Å². The van der Waals surface area contributed by atoms with Gasteiger partial charge in [-0.15, -0.1) is 0 Å². The predicted octanol–water partition coefficient (Wildman–Crippen LogP) is 3.37. The first-order valence-electron chi connectivity index (χ1n) is 4.79. The summed E-state index contributed by atoms with van der Waals surface area (Å²) in [5.74, 6) is 0. The molecule has 0 aromatic heterocycles. The van der Waals surface area contributed by atoms with Crippen molar-refractivity contribution >= 4 is 21.5 Å². The fraction of sp³-hybridized carbons (Fsp3) is 0.333. The van der Waals surface area contributed by atoms with Crippen LogP contribution in [0.5, 0.6) is 0 Å². The molecule has 76 valence electrons. The Kier molecular flexibility index (Phi) is 4.36. The van der Waals surface area contributed by atoms with E-state index in [9.17, 15) is 0 Å². The number of rotatable bonds is 4. The highest BCUT2D eigenvalue weighted by Gasteiger charge is 1.99. The Morgan fingerprint density at radius 3 is 2.71 bits per heavy atom. The van der Waals surface area contributed by atoms with E-state index in [0.29, 0.717) is 0 Å². The quantitative estimate of drug-likeness (QED) is 0.875. The van der Waals surface area contributed by atoms with E-state index in [2.05, 4.69) is 40.7 Å². The summed E-state index contributed by atoms with van der Waals surface area (Å²) in [5.41, 5.74) is 9.10. The van der Waals surface area contributed by atoms with Crippen LogP contribution in [-0.2, 0) is 6.42 Å². The lowest BCUT2D eigenvalue weighted by atomic mass is 10.0. The van der Waals surface area contributed by atoms with Gasteiger partial charge in [-0.1, -0.05) is 34.1 Å². The highest BCUT2D eigenvalue weighted by Crippen LogP contribution is 2.21. The number of aryl methyl sites for hydroxylation is 1. The molecule has 0 amide bonds. The molecule has 0 fully saturated rings. The standard InChI is InChI=1S/C12H16BrN/c1-9(2)11-6-10(4-3-5-14)7-12(13)8-11/h6-8H,1,3-5,14H2,2H3. The molecule has 0 aliphatic rings. The number of hydrogen-bond acceptors (Lipinski definition) is 1. The topological polar surface area (TPSA) is 26.0 Å². The Morgan fingerprint density at radius 1 is 1.43 bits per heavy atom. The van der Waals surface area contributed by atoms with Crippen molar-refractivity contribution in [2.45, 2.75) is 19.8 Å². The van der Waals surface area contributed by atoms with Gasteiger partial charge in [0.15, 0.2) is 0 Å². The van der Waals surface area contributed by atoms with Crippen LogP contribution in [0.1, 0.15) is 24.5 Å². The van der Waals surface area contributed by atoms with E-state index in [-0.39, 0.29) is 0 Å². The second-order valence-electron chi connectivity index (χ2n) is 3.52. The van der Waals surface area contributed by atoms with Crippen molar-refractivity contribution in [1.29, 1.82) is 0 Å². The highest BCUT2D eigenvalue weighted by molar-refractivity contribution is 9.10.